The van der Waals surface area contributed by atoms with Crippen LogP contribution in [0.1, 0.15) is 17.3 Å². The molecule has 1 aromatic heterocycles. The number of ketones is 1. The summed E-state index contributed by atoms with van der Waals surface area (Å²) in [6.45, 7) is 1.19. The highest BCUT2D eigenvalue weighted by atomic mass is 79.9. The zero-order valence-corrected chi connectivity index (χ0v) is 11.3. The van der Waals surface area contributed by atoms with E-state index in [1.165, 1.54) is 19.1 Å². The number of H-pyrrole nitrogens is 1. The highest BCUT2D eigenvalue weighted by molar-refractivity contribution is 9.10. The van der Waals surface area contributed by atoms with Crippen LogP contribution in [-0.4, -0.2) is 15.3 Å². The number of rotatable bonds is 2. The van der Waals surface area contributed by atoms with E-state index in [9.17, 15) is 18.8 Å². The van der Waals surface area contributed by atoms with Crippen LogP contribution >= 0.6 is 15.9 Å². The maximum Gasteiger partial charge on any atom is 0.333 e. The Kier molecular flexibility index (Phi) is 3.48. The lowest BCUT2D eigenvalue weighted by atomic mass is 10.2. The Labute approximate surface area is 114 Å². The van der Waals surface area contributed by atoms with E-state index in [4.69, 9.17) is 0 Å². The number of hydrogen-bond donors (Lipinski definition) is 1. The number of benzene rings is 1. The largest absolute Gasteiger partial charge is 0.333 e. The molecular weight excluding hydrogens is 319 g/mol. The molecule has 0 bridgehead atoms. The predicted octanol–water partition coefficient (Wildman–Crippen LogP) is 1.63. The zero-order chi connectivity index (χ0) is 14.2. The number of Topliss-reactive ketones (excluding diaryl/α,β-unsaturated/α-hetero) is 1. The van der Waals surface area contributed by atoms with Crippen molar-refractivity contribution in [3.05, 3.63) is 61.1 Å². The van der Waals surface area contributed by atoms with Crippen LogP contribution in [0.4, 0.5) is 4.39 Å². The Morgan fingerprint density at radius 3 is 2.68 bits per heavy atom. The molecule has 0 amide bonds. The molecule has 0 unspecified atom stereocenters. The molecule has 1 heterocycles. The van der Waals surface area contributed by atoms with Crippen molar-refractivity contribution in [1.29, 1.82) is 0 Å². The first-order valence-electron chi connectivity index (χ1n) is 5.23. The smallest absolute Gasteiger partial charge is 0.313 e. The van der Waals surface area contributed by atoms with Gasteiger partial charge in [0.2, 0.25) is 0 Å². The number of hydrogen-bond acceptors (Lipinski definition) is 3. The molecule has 5 nitrogen and oxygen atoms in total. The van der Waals surface area contributed by atoms with Gasteiger partial charge in [-0.05, 0) is 25.1 Å². The van der Waals surface area contributed by atoms with E-state index in [0.29, 0.717) is 9.04 Å². The molecule has 1 N–H and O–H groups in total. The monoisotopic (exact) mass is 326 g/mol. The van der Waals surface area contributed by atoms with Crippen LogP contribution in [0.15, 0.2) is 38.5 Å². The molecule has 0 atom stereocenters. The lowest BCUT2D eigenvalue weighted by Gasteiger charge is -2.07. The Bertz CT molecular complexity index is 779. The van der Waals surface area contributed by atoms with Gasteiger partial charge in [0.1, 0.15) is 5.82 Å². The first-order valence-corrected chi connectivity index (χ1v) is 6.02. The van der Waals surface area contributed by atoms with Gasteiger partial charge in [-0.3, -0.25) is 9.59 Å². The van der Waals surface area contributed by atoms with Gasteiger partial charge in [-0.1, -0.05) is 15.9 Å². The van der Waals surface area contributed by atoms with Gasteiger partial charge in [0.25, 0.3) is 5.56 Å². The molecule has 0 aliphatic rings. The van der Waals surface area contributed by atoms with Crippen LogP contribution in [0.2, 0.25) is 0 Å². The fourth-order valence-electron chi connectivity index (χ4n) is 1.60. The number of aromatic amines is 1. The van der Waals surface area contributed by atoms with Gasteiger partial charge in [-0.15, -0.1) is 0 Å². The van der Waals surface area contributed by atoms with Gasteiger partial charge in [0.05, 0.1) is 11.3 Å². The first kappa shape index (κ1) is 13.4. The molecule has 19 heavy (non-hydrogen) atoms. The van der Waals surface area contributed by atoms with Gasteiger partial charge in [-0.2, -0.15) is 0 Å². The Morgan fingerprint density at radius 2 is 2.05 bits per heavy atom. The number of carbonyl (C=O) groups excluding carboxylic acids is 1. The van der Waals surface area contributed by atoms with E-state index in [-0.39, 0.29) is 11.3 Å². The molecule has 7 heteroatoms. The SMILES string of the molecule is CC(=O)c1c[nH]c(=O)n(-c2cc(Br)ccc2F)c1=O. The van der Waals surface area contributed by atoms with Crippen LogP contribution in [0.3, 0.4) is 0 Å². The molecular formula is C12H8BrFN2O3. The van der Waals surface area contributed by atoms with Crippen molar-refractivity contribution in [3.8, 4) is 5.69 Å². The molecule has 2 aromatic rings. The van der Waals surface area contributed by atoms with E-state index in [2.05, 4.69) is 20.9 Å². The van der Waals surface area contributed by atoms with E-state index < -0.39 is 22.8 Å². The van der Waals surface area contributed by atoms with Crippen LogP contribution in [0.25, 0.3) is 5.69 Å². The molecule has 0 aliphatic heterocycles. The Morgan fingerprint density at radius 1 is 1.37 bits per heavy atom. The minimum Gasteiger partial charge on any atom is -0.313 e. The summed E-state index contributed by atoms with van der Waals surface area (Å²) in [6.07, 6.45) is 1.03. The summed E-state index contributed by atoms with van der Waals surface area (Å²) in [6, 6.07) is 3.84. The highest BCUT2D eigenvalue weighted by Crippen LogP contribution is 2.17. The Balaban J connectivity index is 2.86. The maximum absolute atomic E-state index is 13.7. The second-order valence-electron chi connectivity index (χ2n) is 3.80. The van der Waals surface area contributed by atoms with Crippen molar-refractivity contribution in [2.45, 2.75) is 6.92 Å². The second-order valence-corrected chi connectivity index (χ2v) is 4.72. The summed E-state index contributed by atoms with van der Waals surface area (Å²) in [5, 5.41) is 0. The lowest BCUT2D eigenvalue weighted by Crippen LogP contribution is -2.36. The number of halogens is 2. The summed E-state index contributed by atoms with van der Waals surface area (Å²) >= 11 is 3.13. The predicted molar refractivity (Wildman–Crippen MR) is 70.3 cm³/mol. The third kappa shape index (κ3) is 2.41. The molecule has 0 spiro atoms. The fourth-order valence-corrected chi connectivity index (χ4v) is 1.95. The van der Waals surface area contributed by atoms with Crippen molar-refractivity contribution >= 4 is 21.7 Å². The zero-order valence-electron chi connectivity index (χ0n) is 9.74. The topological polar surface area (TPSA) is 71.9 Å². The molecule has 0 radical (unpaired) electrons. The van der Waals surface area contributed by atoms with Gasteiger partial charge in [0, 0.05) is 10.7 Å². The molecule has 0 saturated heterocycles. The molecule has 0 saturated carbocycles. The van der Waals surface area contributed by atoms with Crippen LogP contribution < -0.4 is 11.2 Å². The van der Waals surface area contributed by atoms with Crippen LogP contribution in [0.5, 0.6) is 0 Å². The lowest BCUT2D eigenvalue weighted by molar-refractivity contribution is 0.101. The van der Waals surface area contributed by atoms with Crippen molar-refractivity contribution in [2.75, 3.05) is 0 Å². The standard InChI is InChI=1S/C12H8BrFN2O3/c1-6(17)8-5-15-12(19)16(11(8)18)10-4-7(13)2-3-9(10)14/h2-5H,1H3,(H,15,19). The van der Waals surface area contributed by atoms with Crippen LogP contribution in [-0.2, 0) is 0 Å². The fraction of sp³-hybridized carbons (Fsp3) is 0.0833. The van der Waals surface area contributed by atoms with Crippen molar-refractivity contribution in [2.24, 2.45) is 0 Å². The van der Waals surface area contributed by atoms with E-state index in [1.54, 1.807) is 0 Å². The maximum atomic E-state index is 13.7. The van der Waals surface area contributed by atoms with Gasteiger partial charge < -0.3 is 4.98 Å². The molecule has 0 fully saturated rings. The van der Waals surface area contributed by atoms with E-state index >= 15 is 0 Å². The van der Waals surface area contributed by atoms with Crippen molar-refractivity contribution in [1.82, 2.24) is 9.55 Å². The molecule has 0 aliphatic carbocycles. The average Bonchev–Trinajstić information content (AvgIpc) is 2.33. The minimum absolute atomic E-state index is 0.209. The number of aromatic nitrogens is 2. The first-order chi connectivity index (χ1) is 8.91. The van der Waals surface area contributed by atoms with E-state index in [0.717, 1.165) is 12.3 Å². The normalized spacial score (nSPS) is 10.5. The van der Waals surface area contributed by atoms with Crippen molar-refractivity contribution < 1.29 is 9.18 Å². The molecule has 98 valence electrons. The summed E-state index contributed by atoms with van der Waals surface area (Å²) in [4.78, 5) is 37.2. The second kappa shape index (κ2) is 4.93. The van der Waals surface area contributed by atoms with Gasteiger partial charge in [-0.25, -0.2) is 13.8 Å². The Hall–Kier alpha value is -2.02. The van der Waals surface area contributed by atoms with Gasteiger partial charge >= 0.3 is 5.69 Å². The third-order valence-corrected chi connectivity index (χ3v) is 3.00. The number of carbonyl (C=O) groups is 1. The number of nitrogens with zero attached hydrogens (tertiary/aromatic N) is 1. The summed E-state index contributed by atoms with van der Waals surface area (Å²) in [7, 11) is 0. The molecule has 2 rings (SSSR count). The quantitative estimate of drug-likeness (QED) is 0.852. The minimum atomic E-state index is -0.853. The summed E-state index contributed by atoms with van der Waals surface area (Å²) < 4.78 is 14.8. The van der Waals surface area contributed by atoms with Crippen molar-refractivity contribution in [3.63, 3.8) is 0 Å². The summed E-state index contributed by atoms with van der Waals surface area (Å²) in [5.41, 5.74) is -2.09. The van der Waals surface area contributed by atoms with Gasteiger partial charge in [0.15, 0.2) is 5.78 Å². The van der Waals surface area contributed by atoms with Crippen LogP contribution in [0, 0.1) is 5.82 Å². The number of nitrogens with one attached hydrogen (secondary N) is 1. The third-order valence-electron chi connectivity index (χ3n) is 2.50. The highest BCUT2D eigenvalue weighted by Gasteiger charge is 2.15. The summed E-state index contributed by atoms with van der Waals surface area (Å²) in [5.74, 6) is -1.25. The van der Waals surface area contributed by atoms with E-state index in [1.807, 2.05) is 0 Å². The average molecular weight is 327 g/mol. The molecule has 1 aromatic carbocycles.